The van der Waals surface area contributed by atoms with Crippen LogP contribution in [0.3, 0.4) is 0 Å². The summed E-state index contributed by atoms with van der Waals surface area (Å²) >= 11 is 0. The Labute approximate surface area is 112 Å². The number of rotatable bonds is 2. The van der Waals surface area contributed by atoms with E-state index in [-0.39, 0.29) is 0 Å². The number of nitrogens with one attached hydrogen (secondary N) is 1. The van der Waals surface area contributed by atoms with Gasteiger partial charge in [0.25, 0.3) is 0 Å². The minimum Gasteiger partial charge on any atom is -0.361 e. The van der Waals surface area contributed by atoms with Gasteiger partial charge in [0, 0.05) is 6.04 Å². The second kappa shape index (κ2) is 4.74. The topological polar surface area (TPSA) is 63.8 Å². The Morgan fingerprint density at radius 2 is 2.11 bits per heavy atom. The number of hydrogen-bond acceptors (Lipinski definition) is 5. The molecule has 2 aromatic rings. The predicted octanol–water partition coefficient (Wildman–Crippen LogP) is 2.48. The maximum Gasteiger partial charge on any atom is 0.143 e. The molecule has 5 heteroatoms. The Balaban J connectivity index is 2.07. The first kappa shape index (κ1) is 12.3. The van der Waals surface area contributed by atoms with E-state index in [9.17, 15) is 0 Å². The van der Waals surface area contributed by atoms with Crippen LogP contribution in [-0.2, 0) is 0 Å². The third kappa shape index (κ3) is 2.26. The van der Waals surface area contributed by atoms with E-state index in [4.69, 9.17) is 4.52 Å². The lowest BCUT2D eigenvalue weighted by atomic mass is 10.1. The summed E-state index contributed by atoms with van der Waals surface area (Å²) in [5.41, 5.74) is 3.85. The monoisotopic (exact) mass is 258 g/mol. The van der Waals surface area contributed by atoms with Crippen molar-refractivity contribution < 1.29 is 4.52 Å². The summed E-state index contributed by atoms with van der Waals surface area (Å²) in [6.07, 6.45) is 2.34. The van der Waals surface area contributed by atoms with Crippen LogP contribution < -0.4 is 5.32 Å². The lowest BCUT2D eigenvalue weighted by Gasteiger charge is -2.11. The van der Waals surface area contributed by atoms with Gasteiger partial charge in [0.05, 0.1) is 22.6 Å². The van der Waals surface area contributed by atoms with Gasteiger partial charge < -0.3 is 9.84 Å². The molecule has 0 bridgehead atoms. The lowest BCUT2D eigenvalue weighted by Crippen LogP contribution is -2.15. The quantitative estimate of drug-likeness (QED) is 0.896. The van der Waals surface area contributed by atoms with Crippen molar-refractivity contribution in [3.05, 3.63) is 29.0 Å². The normalized spacial score (nSPS) is 19.0. The molecule has 3 rings (SSSR count). The minimum absolute atomic E-state index is 0.348. The summed E-state index contributed by atoms with van der Waals surface area (Å²) in [6, 6.07) is 2.41. The van der Waals surface area contributed by atoms with Gasteiger partial charge in [-0.05, 0) is 46.2 Å². The van der Waals surface area contributed by atoms with E-state index in [0.29, 0.717) is 6.04 Å². The Hall–Kier alpha value is -1.75. The van der Waals surface area contributed by atoms with Gasteiger partial charge in [0.1, 0.15) is 11.6 Å². The van der Waals surface area contributed by atoms with E-state index in [0.717, 1.165) is 47.2 Å². The molecule has 0 aliphatic carbocycles. The Morgan fingerprint density at radius 1 is 1.26 bits per heavy atom. The lowest BCUT2D eigenvalue weighted by molar-refractivity contribution is 0.393. The summed E-state index contributed by atoms with van der Waals surface area (Å²) in [6.45, 7) is 6.85. The van der Waals surface area contributed by atoms with Crippen molar-refractivity contribution in [3.63, 3.8) is 0 Å². The zero-order valence-corrected chi connectivity index (χ0v) is 11.5. The molecular weight excluding hydrogens is 240 g/mol. The van der Waals surface area contributed by atoms with E-state index in [1.165, 1.54) is 6.42 Å². The molecule has 0 spiro atoms. The molecule has 5 nitrogen and oxygen atoms in total. The number of hydrogen-bond donors (Lipinski definition) is 1. The summed E-state index contributed by atoms with van der Waals surface area (Å²) in [4.78, 5) is 9.09. The highest BCUT2D eigenvalue weighted by atomic mass is 16.5. The maximum absolute atomic E-state index is 5.23. The molecule has 1 N–H and O–H groups in total. The van der Waals surface area contributed by atoms with Crippen molar-refractivity contribution in [2.45, 2.75) is 39.7 Å². The fraction of sp³-hybridized carbons (Fsp3) is 0.500. The molecule has 19 heavy (non-hydrogen) atoms. The van der Waals surface area contributed by atoms with Gasteiger partial charge in [-0.3, -0.25) is 0 Å². The van der Waals surface area contributed by atoms with Crippen molar-refractivity contribution in [1.82, 2.24) is 20.4 Å². The van der Waals surface area contributed by atoms with Crippen LogP contribution in [0.15, 0.2) is 10.6 Å². The van der Waals surface area contributed by atoms with Crippen LogP contribution in [0.2, 0.25) is 0 Å². The molecule has 0 radical (unpaired) electrons. The van der Waals surface area contributed by atoms with Crippen molar-refractivity contribution in [2.24, 2.45) is 0 Å². The highest BCUT2D eigenvalue weighted by Gasteiger charge is 2.21. The first-order valence-corrected chi connectivity index (χ1v) is 6.67. The van der Waals surface area contributed by atoms with Crippen molar-refractivity contribution in [2.75, 3.05) is 6.54 Å². The van der Waals surface area contributed by atoms with Gasteiger partial charge in [-0.2, -0.15) is 0 Å². The highest BCUT2D eigenvalue weighted by Crippen LogP contribution is 2.28. The molecule has 1 aliphatic rings. The van der Waals surface area contributed by atoms with E-state index in [1.54, 1.807) is 0 Å². The molecule has 0 saturated carbocycles. The Kier molecular flexibility index (Phi) is 3.06. The minimum atomic E-state index is 0.348. The number of nitrogens with zero attached hydrogens (tertiary/aromatic N) is 3. The van der Waals surface area contributed by atoms with Gasteiger partial charge in [0.2, 0.25) is 0 Å². The smallest absolute Gasteiger partial charge is 0.143 e. The summed E-state index contributed by atoms with van der Waals surface area (Å²) in [5, 5.41) is 7.47. The standard InChI is InChI=1S/C14H18N4O/c1-8-14(9(2)19-18-8)13-7-12(16-10(3)17-13)11-5-4-6-15-11/h7,11,15H,4-6H2,1-3H3. The van der Waals surface area contributed by atoms with E-state index < -0.39 is 0 Å². The summed E-state index contributed by atoms with van der Waals surface area (Å²) < 4.78 is 5.23. The molecule has 1 aliphatic heterocycles. The van der Waals surface area contributed by atoms with Gasteiger partial charge >= 0.3 is 0 Å². The summed E-state index contributed by atoms with van der Waals surface area (Å²) in [5.74, 6) is 1.60. The third-order valence-corrected chi connectivity index (χ3v) is 3.56. The average Bonchev–Trinajstić information content (AvgIpc) is 2.99. The van der Waals surface area contributed by atoms with E-state index >= 15 is 0 Å². The average molecular weight is 258 g/mol. The Morgan fingerprint density at radius 3 is 2.74 bits per heavy atom. The van der Waals surface area contributed by atoms with Crippen LogP contribution >= 0.6 is 0 Å². The van der Waals surface area contributed by atoms with Crippen LogP contribution in [0.4, 0.5) is 0 Å². The Bertz CT molecular complexity index is 580. The molecule has 2 aromatic heterocycles. The third-order valence-electron chi connectivity index (χ3n) is 3.56. The molecule has 0 amide bonds. The van der Waals surface area contributed by atoms with Crippen molar-refractivity contribution >= 4 is 0 Å². The largest absolute Gasteiger partial charge is 0.361 e. The molecule has 1 unspecified atom stereocenters. The van der Waals surface area contributed by atoms with Crippen molar-refractivity contribution in [3.8, 4) is 11.3 Å². The molecular formula is C14H18N4O. The van der Waals surface area contributed by atoms with Gasteiger partial charge in [0.15, 0.2) is 0 Å². The second-order valence-electron chi connectivity index (χ2n) is 5.07. The highest BCUT2D eigenvalue weighted by molar-refractivity contribution is 5.64. The van der Waals surface area contributed by atoms with Crippen LogP contribution in [0.5, 0.6) is 0 Å². The molecule has 0 aromatic carbocycles. The SMILES string of the molecule is Cc1nc(-c2c(C)noc2C)cc(C2CCCN2)n1. The van der Waals surface area contributed by atoms with Crippen LogP contribution in [0.1, 0.15) is 41.9 Å². The molecule has 1 saturated heterocycles. The fourth-order valence-electron chi connectivity index (χ4n) is 2.68. The molecule has 1 fully saturated rings. The van der Waals surface area contributed by atoms with E-state index in [2.05, 4.69) is 26.5 Å². The fourth-order valence-corrected chi connectivity index (χ4v) is 2.68. The van der Waals surface area contributed by atoms with Gasteiger partial charge in [-0.15, -0.1) is 0 Å². The van der Waals surface area contributed by atoms with Crippen LogP contribution in [0.25, 0.3) is 11.3 Å². The van der Waals surface area contributed by atoms with Crippen LogP contribution in [-0.4, -0.2) is 21.7 Å². The van der Waals surface area contributed by atoms with Crippen molar-refractivity contribution in [1.29, 1.82) is 0 Å². The number of aromatic nitrogens is 3. The van der Waals surface area contributed by atoms with Gasteiger partial charge in [-0.1, -0.05) is 5.16 Å². The first-order valence-electron chi connectivity index (χ1n) is 6.67. The van der Waals surface area contributed by atoms with Crippen LogP contribution in [0, 0.1) is 20.8 Å². The number of aryl methyl sites for hydroxylation is 3. The molecule has 100 valence electrons. The second-order valence-corrected chi connectivity index (χ2v) is 5.07. The predicted molar refractivity (Wildman–Crippen MR) is 71.7 cm³/mol. The summed E-state index contributed by atoms with van der Waals surface area (Å²) in [7, 11) is 0. The van der Waals surface area contributed by atoms with Gasteiger partial charge in [-0.25, -0.2) is 9.97 Å². The zero-order chi connectivity index (χ0) is 13.4. The molecule has 1 atom stereocenters. The maximum atomic E-state index is 5.23. The first-order chi connectivity index (χ1) is 9.15. The zero-order valence-electron chi connectivity index (χ0n) is 11.5. The molecule has 3 heterocycles. The van der Waals surface area contributed by atoms with E-state index in [1.807, 2.05) is 20.8 Å².